The Hall–Kier alpha value is -0.410. The number of hydrogen-bond acceptors (Lipinski definition) is 3. The lowest BCUT2D eigenvalue weighted by molar-refractivity contribution is -0.125. The molecule has 0 spiro atoms. The Bertz CT molecular complexity index is 254. The molecule has 0 N–H and O–H groups in total. The standard InChI is InChI=1S/C13H24N2O/c1-11-9-15(8-7-14(11)2)10-12-5-3-4-6-13(12)16/h11-12H,3-10H2,1-2H3. The smallest absolute Gasteiger partial charge is 0.137 e. The highest BCUT2D eigenvalue weighted by Crippen LogP contribution is 2.22. The third-order valence-corrected chi connectivity index (χ3v) is 4.20. The summed E-state index contributed by atoms with van der Waals surface area (Å²) in [6, 6.07) is 0.632. The van der Waals surface area contributed by atoms with Crippen molar-refractivity contribution in [1.29, 1.82) is 0 Å². The number of likely N-dealkylation sites (N-methyl/N-ethyl adjacent to an activating group) is 1. The lowest BCUT2D eigenvalue weighted by Crippen LogP contribution is -2.51. The largest absolute Gasteiger partial charge is 0.301 e. The van der Waals surface area contributed by atoms with Gasteiger partial charge < -0.3 is 4.90 Å². The van der Waals surface area contributed by atoms with Crippen LogP contribution in [-0.4, -0.2) is 54.9 Å². The van der Waals surface area contributed by atoms with Crippen molar-refractivity contribution in [2.75, 3.05) is 33.2 Å². The minimum atomic E-state index is 0.337. The summed E-state index contributed by atoms with van der Waals surface area (Å²) in [4.78, 5) is 16.7. The van der Waals surface area contributed by atoms with Crippen LogP contribution in [0.25, 0.3) is 0 Å². The minimum Gasteiger partial charge on any atom is -0.301 e. The van der Waals surface area contributed by atoms with Crippen LogP contribution in [0.4, 0.5) is 0 Å². The zero-order valence-corrected chi connectivity index (χ0v) is 10.6. The quantitative estimate of drug-likeness (QED) is 0.708. The number of rotatable bonds is 2. The minimum absolute atomic E-state index is 0.337. The monoisotopic (exact) mass is 224 g/mol. The van der Waals surface area contributed by atoms with Crippen LogP contribution in [0.5, 0.6) is 0 Å². The first-order valence-corrected chi connectivity index (χ1v) is 6.62. The van der Waals surface area contributed by atoms with Crippen LogP contribution in [0.15, 0.2) is 0 Å². The maximum atomic E-state index is 11.8. The molecule has 1 heterocycles. The van der Waals surface area contributed by atoms with Crippen molar-refractivity contribution >= 4 is 5.78 Å². The van der Waals surface area contributed by atoms with Gasteiger partial charge in [0.2, 0.25) is 0 Å². The van der Waals surface area contributed by atoms with E-state index in [1.165, 1.54) is 6.42 Å². The number of carbonyl (C=O) groups excluding carboxylic acids is 1. The number of ketones is 1. The summed E-state index contributed by atoms with van der Waals surface area (Å²) in [6.45, 7) is 6.68. The Labute approximate surface area is 98.8 Å². The van der Waals surface area contributed by atoms with E-state index in [1.54, 1.807) is 0 Å². The molecule has 1 saturated carbocycles. The molecule has 2 rings (SSSR count). The average molecular weight is 224 g/mol. The number of piperazine rings is 1. The molecular formula is C13H24N2O. The summed E-state index contributed by atoms with van der Waals surface area (Å²) < 4.78 is 0. The van der Waals surface area contributed by atoms with Crippen molar-refractivity contribution in [2.24, 2.45) is 5.92 Å². The molecule has 2 fully saturated rings. The Morgan fingerprint density at radius 3 is 2.81 bits per heavy atom. The molecule has 2 unspecified atom stereocenters. The number of nitrogens with zero attached hydrogens (tertiary/aromatic N) is 2. The van der Waals surface area contributed by atoms with E-state index in [9.17, 15) is 4.79 Å². The first-order chi connectivity index (χ1) is 7.66. The van der Waals surface area contributed by atoms with Gasteiger partial charge in [0.25, 0.3) is 0 Å². The Balaban J connectivity index is 1.82. The van der Waals surface area contributed by atoms with Gasteiger partial charge >= 0.3 is 0 Å². The van der Waals surface area contributed by atoms with Crippen molar-refractivity contribution in [3.05, 3.63) is 0 Å². The lowest BCUT2D eigenvalue weighted by Gasteiger charge is -2.39. The molecule has 0 amide bonds. The number of carbonyl (C=O) groups is 1. The highest BCUT2D eigenvalue weighted by molar-refractivity contribution is 5.81. The first kappa shape index (κ1) is 12.1. The van der Waals surface area contributed by atoms with E-state index >= 15 is 0 Å². The van der Waals surface area contributed by atoms with Crippen LogP contribution in [-0.2, 0) is 4.79 Å². The fourth-order valence-corrected chi connectivity index (χ4v) is 2.85. The molecule has 0 radical (unpaired) electrons. The van der Waals surface area contributed by atoms with Crippen molar-refractivity contribution in [3.8, 4) is 0 Å². The van der Waals surface area contributed by atoms with E-state index in [4.69, 9.17) is 0 Å². The van der Waals surface area contributed by atoms with Gasteiger partial charge in [0.1, 0.15) is 5.78 Å². The molecular weight excluding hydrogens is 200 g/mol. The molecule has 0 aromatic rings. The van der Waals surface area contributed by atoms with Crippen molar-refractivity contribution in [3.63, 3.8) is 0 Å². The van der Waals surface area contributed by atoms with E-state index in [-0.39, 0.29) is 0 Å². The van der Waals surface area contributed by atoms with E-state index in [0.29, 0.717) is 17.7 Å². The highest BCUT2D eigenvalue weighted by atomic mass is 16.1. The second-order valence-electron chi connectivity index (χ2n) is 5.50. The van der Waals surface area contributed by atoms with E-state index in [2.05, 4.69) is 23.8 Å². The number of hydrogen-bond donors (Lipinski definition) is 0. The van der Waals surface area contributed by atoms with Gasteiger partial charge in [-0.05, 0) is 26.8 Å². The van der Waals surface area contributed by atoms with Gasteiger partial charge in [0, 0.05) is 44.6 Å². The molecule has 1 aliphatic carbocycles. The average Bonchev–Trinajstić information content (AvgIpc) is 2.27. The van der Waals surface area contributed by atoms with E-state index < -0.39 is 0 Å². The summed E-state index contributed by atoms with van der Waals surface area (Å²) >= 11 is 0. The lowest BCUT2D eigenvalue weighted by atomic mass is 9.87. The summed E-state index contributed by atoms with van der Waals surface area (Å²) in [7, 11) is 2.19. The Morgan fingerprint density at radius 2 is 2.12 bits per heavy atom. The van der Waals surface area contributed by atoms with Crippen LogP contribution in [0.1, 0.15) is 32.6 Å². The number of Topliss-reactive ketones (excluding diaryl/α,β-unsaturated/α-hetero) is 1. The van der Waals surface area contributed by atoms with Crippen LogP contribution in [0.3, 0.4) is 0 Å². The predicted molar refractivity (Wildman–Crippen MR) is 65.5 cm³/mol. The Morgan fingerprint density at radius 1 is 1.31 bits per heavy atom. The zero-order valence-electron chi connectivity index (χ0n) is 10.6. The first-order valence-electron chi connectivity index (χ1n) is 6.62. The highest BCUT2D eigenvalue weighted by Gasteiger charge is 2.27. The molecule has 92 valence electrons. The van der Waals surface area contributed by atoms with Gasteiger partial charge in [-0.3, -0.25) is 9.69 Å². The molecule has 2 aliphatic rings. The third-order valence-electron chi connectivity index (χ3n) is 4.20. The second-order valence-corrected chi connectivity index (χ2v) is 5.50. The van der Waals surface area contributed by atoms with Gasteiger partial charge in [-0.25, -0.2) is 0 Å². The molecule has 2 atom stereocenters. The molecule has 3 heteroatoms. The normalized spacial score (nSPS) is 34.2. The zero-order chi connectivity index (χ0) is 11.5. The van der Waals surface area contributed by atoms with Crippen LogP contribution in [0.2, 0.25) is 0 Å². The molecule has 1 saturated heterocycles. The van der Waals surface area contributed by atoms with Crippen molar-refractivity contribution in [1.82, 2.24) is 9.80 Å². The topological polar surface area (TPSA) is 23.6 Å². The van der Waals surface area contributed by atoms with Gasteiger partial charge in [0.05, 0.1) is 0 Å². The van der Waals surface area contributed by atoms with Gasteiger partial charge in [0.15, 0.2) is 0 Å². The van der Waals surface area contributed by atoms with Gasteiger partial charge in [-0.1, -0.05) is 6.42 Å². The second kappa shape index (κ2) is 5.28. The van der Waals surface area contributed by atoms with Gasteiger partial charge in [-0.2, -0.15) is 0 Å². The van der Waals surface area contributed by atoms with E-state index in [1.807, 2.05) is 0 Å². The molecule has 16 heavy (non-hydrogen) atoms. The molecule has 0 bridgehead atoms. The predicted octanol–water partition coefficient (Wildman–Crippen LogP) is 1.38. The van der Waals surface area contributed by atoms with Gasteiger partial charge in [-0.15, -0.1) is 0 Å². The summed E-state index contributed by atoms with van der Waals surface area (Å²) in [5.74, 6) is 0.849. The molecule has 1 aliphatic heterocycles. The van der Waals surface area contributed by atoms with Crippen LogP contribution in [0, 0.1) is 5.92 Å². The van der Waals surface area contributed by atoms with Crippen molar-refractivity contribution < 1.29 is 4.79 Å². The SMILES string of the molecule is CC1CN(CC2CCCCC2=O)CCN1C. The summed E-state index contributed by atoms with van der Waals surface area (Å²) in [5.41, 5.74) is 0. The van der Waals surface area contributed by atoms with Crippen LogP contribution >= 0.6 is 0 Å². The van der Waals surface area contributed by atoms with E-state index in [0.717, 1.165) is 45.4 Å². The summed E-state index contributed by atoms with van der Waals surface area (Å²) in [5, 5.41) is 0. The molecule has 0 aromatic carbocycles. The molecule has 0 aromatic heterocycles. The van der Waals surface area contributed by atoms with Crippen molar-refractivity contribution in [2.45, 2.75) is 38.6 Å². The van der Waals surface area contributed by atoms with Crippen LogP contribution < -0.4 is 0 Å². The maximum absolute atomic E-state index is 11.8. The Kier molecular flexibility index (Phi) is 3.98. The fraction of sp³-hybridized carbons (Fsp3) is 0.923. The fourth-order valence-electron chi connectivity index (χ4n) is 2.85. The third kappa shape index (κ3) is 2.83. The molecule has 3 nitrogen and oxygen atoms in total. The maximum Gasteiger partial charge on any atom is 0.137 e. The summed E-state index contributed by atoms with van der Waals surface area (Å²) in [6.07, 6.45) is 4.32.